The summed E-state index contributed by atoms with van der Waals surface area (Å²) in [6.07, 6.45) is 2.69. The van der Waals surface area contributed by atoms with E-state index >= 15 is 0 Å². The van der Waals surface area contributed by atoms with Gasteiger partial charge in [0, 0.05) is 18.3 Å². The van der Waals surface area contributed by atoms with E-state index in [1.165, 1.54) is 11.8 Å². The van der Waals surface area contributed by atoms with E-state index in [0.717, 1.165) is 41.6 Å². The van der Waals surface area contributed by atoms with Crippen molar-refractivity contribution in [2.75, 3.05) is 22.6 Å². The van der Waals surface area contributed by atoms with Crippen LogP contribution in [0.25, 0.3) is 0 Å². The Kier molecular flexibility index (Phi) is 6.72. The Balaban J connectivity index is 1.66. The van der Waals surface area contributed by atoms with Crippen molar-refractivity contribution >= 4 is 33.3 Å². The quantitative estimate of drug-likeness (QED) is 0.635. The topological polar surface area (TPSA) is 98.9 Å². The van der Waals surface area contributed by atoms with E-state index < -0.39 is 9.84 Å². The van der Waals surface area contributed by atoms with E-state index in [9.17, 15) is 13.2 Å². The highest BCUT2D eigenvalue weighted by Gasteiger charge is 2.31. The van der Waals surface area contributed by atoms with Crippen LogP contribution in [-0.2, 0) is 21.2 Å². The van der Waals surface area contributed by atoms with Crippen molar-refractivity contribution in [1.29, 1.82) is 0 Å². The molecule has 3 heterocycles. The molecule has 29 heavy (non-hydrogen) atoms. The smallest absolute Gasteiger partial charge is 0.235 e. The Labute approximate surface area is 176 Å². The molecule has 8 nitrogen and oxygen atoms in total. The SMILES string of the molecule is CCCCn1c(SCC(=O)Nc2cc(C)nn2C2CCS(=O)(=O)C2)nc(C)c1C. The fourth-order valence-corrected chi connectivity index (χ4v) is 6.09. The maximum atomic E-state index is 12.6. The van der Waals surface area contributed by atoms with Crippen LogP contribution in [0.3, 0.4) is 0 Å². The van der Waals surface area contributed by atoms with E-state index in [1.54, 1.807) is 10.7 Å². The molecule has 160 valence electrons. The first-order valence-corrected chi connectivity index (χ1v) is 12.7. The van der Waals surface area contributed by atoms with Crippen molar-refractivity contribution in [1.82, 2.24) is 19.3 Å². The molecular weight excluding hydrogens is 410 g/mol. The zero-order valence-electron chi connectivity index (χ0n) is 17.4. The van der Waals surface area contributed by atoms with Gasteiger partial charge < -0.3 is 9.88 Å². The van der Waals surface area contributed by atoms with Crippen LogP contribution in [0.5, 0.6) is 0 Å². The molecule has 3 rings (SSSR count). The molecule has 0 spiro atoms. The molecule has 0 bridgehead atoms. The number of rotatable bonds is 8. The molecule has 1 atom stereocenters. The molecule has 1 aliphatic heterocycles. The number of unbranched alkanes of at least 4 members (excludes halogenated alkanes) is 1. The van der Waals surface area contributed by atoms with Gasteiger partial charge in [0.05, 0.1) is 34.7 Å². The highest BCUT2D eigenvalue weighted by molar-refractivity contribution is 7.99. The number of aromatic nitrogens is 4. The second kappa shape index (κ2) is 8.91. The van der Waals surface area contributed by atoms with Crippen molar-refractivity contribution in [3.63, 3.8) is 0 Å². The average molecular weight is 440 g/mol. The molecule has 1 amide bonds. The molecule has 1 N–H and O–H groups in total. The second-order valence-corrected chi connectivity index (χ2v) is 10.8. The number of aryl methyl sites for hydroxylation is 2. The molecule has 1 unspecified atom stereocenters. The maximum absolute atomic E-state index is 12.6. The van der Waals surface area contributed by atoms with Crippen LogP contribution in [0.2, 0.25) is 0 Å². The van der Waals surface area contributed by atoms with E-state index in [1.807, 2.05) is 13.8 Å². The zero-order valence-corrected chi connectivity index (χ0v) is 19.1. The van der Waals surface area contributed by atoms with Crippen LogP contribution in [0.15, 0.2) is 11.2 Å². The minimum Gasteiger partial charge on any atom is -0.323 e. The fraction of sp³-hybridized carbons (Fsp3) is 0.632. The van der Waals surface area contributed by atoms with Crippen LogP contribution >= 0.6 is 11.8 Å². The largest absolute Gasteiger partial charge is 0.323 e. The van der Waals surface area contributed by atoms with Gasteiger partial charge in [0.25, 0.3) is 0 Å². The van der Waals surface area contributed by atoms with Gasteiger partial charge in [0.15, 0.2) is 15.0 Å². The third kappa shape index (κ3) is 5.22. The minimum atomic E-state index is -3.03. The lowest BCUT2D eigenvalue weighted by molar-refractivity contribution is -0.113. The monoisotopic (exact) mass is 439 g/mol. The summed E-state index contributed by atoms with van der Waals surface area (Å²) in [5.74, 6) is 0.863. The summed E-state index contributed by atoms with van der Waals surface area (Å²) in [4.78, 5) is 17.2. The Morgan fingerprint density at radius 2 is 2.10 bits per heavy atom. The molecule has 2 aromatic heterocycles. The van der Waals surface area contributed by atoms with Gasteiger partial charge >= 0.3 is 0 Å². The molecule has 1 saturated heterocycles. The second-order valence-electron chi connectivity index (χ2n) is 7.58. The Morgan fingerprint density at radius 1 is 1.34 bits per heavy atom. The number of hydrogen-bond acceptors (Lipinski definition) is 6. The first kappa shape index (κ1) is 21.9. The molecular formula is C19H29N5O3S2. The lowest BCUT2D eigenvalue weighted by Crippen LogP contribution is -2.21. The molecule has 10 heteroatoms. The lowest BCUT2D eigenvalue weighted by atomic mass is 10.3. The molecule has 0 aromatic carbocycles. The minimum absolute atomic E-state index is 0.0686. The number of sulfone groups is 1. The summed E-state index contributed by atoms with van der Waals surface area (Å²) in [5.41, 5.74) is 2.87. The van der Waals surface area contributed by atoms with Gasteiger partial charge in [-0.3, -0.25) is 4.79 Å². The Bertz CT molecular complexity index is 994. The molecule has 2 aromatic rings. The predicted octanol–water partition coefficient (Wildman–Crippen LogP) is 2.90. The maximum Gasteiger partial charge on any atom is 0.235 e. The zero-order chi connectivity index (χ0) is 21.2. The molecule has 0 saturated carbocycles. The number of hydrogen-bond donors (Lipinski definition) is 1. The highest BCUT2D eigenvalue weighted by atomic mass is 32.2. The average Bonchev–Trinajstić information content (AvgIpc) is 3.28. The fourth-order valence-electron chi connectivity index (χ4n) is 3.48. The number of nitrogens with zero attached hydrogens (tertiary/aromatic N) is 4. The third-order valence-corrected chi connectivity index (χ3v) is 7.90. The standard InChI is InChI=1S/C19H29N5O3S2/c1-5-6-8-23-15(4)14(3)20-19(23)28-11-18(25)21-17-10-13(2)22-24(17)16-7-9-29(26,27)12-16/h10,16H,5-9,11-12H2,1-4H3,(H,21,25). The van der Waals surface area contributed by atoms with E-state index in [0.29, 0.717) is 12.2 Å². The van der Waals surface area contributed by atoms with Gasteiger partial charge in [-0.15, -0.1) is 0 Å². The third-order valence-electron chi connectivity index (χ3n) is 5.17. The number of carbonyl (C=O) groups is 1. The molecule has 1 aliphatic rings. The predicted molar refractivity (Wildman–Crippen MR) is 115 cm³/mol. The van der Waals surface area contributed by atoms with Gasteiger partial charge in [-0.25, -0.2) is 18.1 Å². The van der Waals surface area contributed by atoms with E-state index in [4.69, 9.17) is 0 Å². The van der Waals surface area contributed by atoms with Crippen LogP contribution in [0, 0.1) is 20.8 Å². The van der Waals surface area contributed by atoms with E-state index in [-0.39, 0.29) is 29.2 Å². The normalized spacial score (nSPS) is 18.3. The first-order valence-electron chi connectivity index (χ1n) is 9.93. The van der Waals surface area contributed by atoms with Gasteiger partial charge in [-0.2, -0.15) is 5.10 Å². The van der Waals surface area contributed by atoms with E-state index in [2.05, 4.69) is 33.8 Å². The number of imidazole rings is 1. The summed E-state index contributed by atoms with van der Waals surface area (Å²) in [6, 6.07) is 1.55. The Hall–Kier alpha value is -1.81. The van der Waals surface area contributed by atoms with Crippen LogP contribution in [-0.4, -0.2) is 50.9 Å². The van der Waals surface area contributed by atoms with Crippen molar-refractivity contribution < 1.29 is 13.2 Å². The summed E-state index contributed by atoms with van der Waals surface area (Å²) >= 11 is 1.42. The number of thioether (sulfide) groups is 1. The van der Waals surface area contributed by atoms with Gasteiger partial charge in [-0.05, 0) is 33.6 Å². The molecule has 1 fully saturated rings. The summed E-state index contributed by atoms with van der Waals surface area (Å²) in [5, 5.41) is 8.16. The van der Waals surface area contributed by atoms with Crippen molar-refractivity contribution in [2.24, 2.45) is 0 Å². The van der Waals surface area contributed by atoms with Crippen LogP contribution in [0.4, 0.5) is 5.82 Å². The van der Waals surface area contributed by atoms with Crippen molar-refractivity contribution in [3.05, 3.63) is 23.1 Å². The Morgan fingerprint density at radius 3 is 2.76 bits per heavy atom. The molecule has 0 aliphatic carbocycles. The first-order chi connectivity index (χ1) is 13.7. The number of amides is 1. The van der Waals surface area contributed by atoms with Crippen molar-refractivity contribution in [3.8, 4) is 0 Å². The number of carbonyl (C=O) groups excluding carboxylic acids is 1. The van der Waals surface area contributed by atoms with Gasteiger partial charge in [0.1, 0.15) is 5.82 Å². The highest BCUT2D eigenvalue weighted by Crippen LogP contribution is 2.27. The summed E-state index contributed by atoms with van der Waals surface area (Å²) in [6.45, 7) is 8.92. The number of nitrogens with one attached hydrogen (secondary N) is 1. The molecule has 0 radical (unpaired) electrons. The van der Waals surface area contributed by atoms with Gasteiger partial charge in [0.2, 0.25) is 5.91 Å². The van der Waals surface area contributed by atoms with Crippen LogP contribution < -0.4 is 5.32 Å². The summed E-state index contributed by atoms with van der Waals surface area (Å²) in [7, 11) is -3.03. The van der Waals surface area contributed by atoms with Crippen molar-refractivity contribution in [2.45, 2.75) is 64.7 Å². The van der Waals surface area contributed by atoms with Gasteiger partial charge in [-0.1, -0.05) is 25.1 Å². The lowest BCUT2D eigenvalue weighted by Gasteiger charge is -2.14. The summed E-state index contributed by atoms with van der Waals surface area (Å²) < 4.78 is 27.4. The van der Waals surface area contributed by atoms with Crippen LogP contribution in [0.1, 0.15) is 49.3 Å². The number of anilines is 1.